The highest BCUT2D eigenvalue weighted by molar-refractivity contribution is 6.03. The van der Waals surface area contributed by atoms with Crippen LogP contribution in [0, 0.1) is 20.8 Å². The van der Waals surface area contributed by atoms with Gasteiger partial charge in [0.2, 0.25) is 53.2 Å². The van der Waals surface area contributed by atoms with E-state index in [9.17, 15) is 43.2 Å². The van der Waals surface area contributed by atoms with Crippen LogP contribution in [0.15, 0.2) is 127 Å². The van der Waals surface area contributed by atoms with Gasteiger partial charge in [0.1, 0.15) is 35.4 Å². The largest absolute Gasteiger partial charge is 0.497 e. The van der Waals surface area contributed by atoms with Gasteiger partial charge in [0, 0.05) is 72.8 Å². The number of hydrogen-bond acceptors (Lipinski definition) is 12. The number of nitrogens with one attached hydrogen (secondary N) is 9. The second-order valence-corrected chi connectivity index (χ2v) is 22.1. The van der Waals surface area contributed by atoms with Crippen LogP contribution in [0.2, 0.25) is 0 Å². The van der Waals surface area contributed by atoms with Crippen LogP contribution in [0.3, 0.4) is 0 Å². The van der Waals surface area contributed by atoms with Crippen LogP contribution >= 0.6 is 0 Å². The Labute approximate surface area is 522 Å². The van der Waals surface area contributed by atoms with Gasteiger partial charge in [-0.15, -0.1) is 0 Å². The number of rotatable bonds is 27. The first kappa shape index (κ1) is 64.1. The number of nitrogens with two attached hydrogens (primary N) is 3. The van der Waals surface area contributed by atoms with Crippen molar-refractivity contribution in [2.24, 2.45) is 17.2 Å². The number of aromatic amines is 3. The number of benzene rings is 6. The fourth-order valence-corrected chi connectivity index (χ4v) is 11.1. The Morgan fingerprint density at radius 2 is 0.637 bits per heavy atom. The number of fused-ring (bicyclic) bond motifs is 3. The lowest BCUT2D eigenvalue weighted by Crippen LogP contribution is -2.46. The zero-order valence-electron chi connectivity index (χ0n) is 50.8. The maximum atomic E-state index is 13.9. The van der Waals surface area contributed by atoms with Crippen molar-refractivity contribution in [2.45, 2.75) is 83.3 Å². The monoisotopic (exact) mass is 1230 g/mol. The van der Waals surface area contributed by atoms with Gasteiger partial charge in [-0.1, -0.05) is 36.4 Å². The Morgan fingerprint density at radius 3 is 0.868 bits per heavy atom. The van der Waals surface area contributed by atoms with E-state index in [1.807, 2.05) is 39.0 Å². The van der Waals surface area contributed by atoms with E-state index in [2.05, 4.69) is 46.9 Å². The Kier molecular flexibility index (Phi) is 19.8. The van der Waals surface area contributed by atoms with Crippen molar-refractivity contribution in [3.05, 3.63) is 178 Å². The van der Waals surface area contributed by atoms with Gasteiger partial charge in [0.25, 0.3) is 0 Å². The fraction of sp³-hybridized carbons (Fsp3) is 0.239. The van der Waals surface area contributed by atoms with Gasteiger partial charge in [-0.2, -0.15) is 0 Å². The highest BCUT2D eigenvalue weighted by Gasteiger charge is 2.29. The van der Waals surface area contributed by atoms with Gasteiger partial charge >= 0.3 is 0 Å². The molecule has 0 saturated carbocycles. The van der Waals surface area contributed by atoms with E-state index >= 15 is 0 Å². The Balaban J connectivity index is 0.938. The van der Waals surface area contributed by atoms with Crippen LogP contribution in [-0.4, -0.2) is 108 Å². The van der Waals surface area contributed by atoms with Crippen LogP contribution in [0.4, 0.5) is 17.1 Å². The van der Waals surface area contributed by atoms with Gasteiger partial charge in [-0.3, -0.25) is 43.2 Å². The highest BCUT2D eigenvalue weighted by atomic mass is 16.5. The summed E-state index contributed by atoms with van der Waals surface area (Å²) in [4.78, 5) is 129. The SMILES string of the molecule is COc1ccc2[nH]c(C)c(CC(=O)N[C@@H](CC(N)=O)C(=O)Nc3ccc(C(c4ccc(NC(=O)[C@H](CC(N)=O)NC(=O)Cc5c(C)[nH]c6ccc(OC)cc56)cc4)c4ccc(NC(=O)[C@H](CC(N)=O)NC(=O)Cc5c(C)[nH]c6ccc(OC)cc56)cc4)cc3)c2c1. The predicted octanol–water partition coefficient (Wildman–Crippen LogP) is 5.89. The Bertz CT molecular complexity index is 3830. The normalized spacial score (nSPS) is 12.2. The van der Waals surface area contributed by atoms with Gasteiger partial charge in [-0.25, -0.2) is 0 Å². The van der Waals surface area contributed by atoms with Crippen LogP contribution in [-0.2, 0) is 62.4 Å². The van der Waals surface area contributed by atoms with E-state index < -0.39 is 96.5 Å². The van der Waals surface area contributed by atoms with Gasteiger partial charge < -0.3 is 78.3 Å². The molecule has 15 N–H and O–H groups in total. The first-order valence-corrected chi connectivity index (χ1v) is 29.0. The van der Waals surface area contributed by atoms with Crippen molar-refractivity contribution in [2.75, 3.05) is 37.3 Å². The molecule has 0 aliphatic carbocycles. The van der Waals surface area contributed by atoms with Crippen molar-refractivity contribution < 1.29 is 57.4 Å². The molecule has 0 bridgehead atoms. The summed E-state index contributed by atoms with van der Waals surface area (Å²) in [5, 5.41) is 18.7. The molecule has 9 amide bonds. The third-order valence-electron chi connectivity index (χ3n) is 15.7. The summed E-state index contributed by atoms with van der Waals surface area (Å²) >= 11 is 0. The average molecular weight is 1240 g/mol. The molecule has 0 saturated heterocycles. The summed E-state index contributed by atoms with van der Waals surface area (Å²) in [6, 6.07) is 32.7. The molecular weight excluding hydrogens is 1160 g/mol. The first-order chi connectivity index (χ1) is 43.6. The summed E-state index contributed by atoms with van der Waals surface area (Å²) in [5.41, 5.74) is 26.4. The maximum absolute atomic E-state index is 13.9. The van der Waals surface area contributed by atoms with E-state index in [1.165, 1.54) is 21.3 Å². The number of ether oxygens (including phenoxy) is 3. The van der Waals surface area contributed by atoms with E-state index in [-0.39, 0.29) is 19.3 Å². The molecule has 3 aromatic heterocycles. The number of aromatic nitrogens is 3. The topological polar surface area (TPSA) is 379 Å². The molecular formula is C67H70N12O12. The van der Waals surface area contributed by atoms with Crippen molar-refractivity contribution in [3.8, 4) is 17.2 Å². The van der Waals surface area contributed by atoms with Crippen molar-refractivity contribution in [1.29, 1.82) is 0 Å². The molecule has 91 heavy (non-hydrogen) atoms. The smallest absolute Gasteiger partial charge is 0.247 e. The Hall–Kier alpha value is -11.4. The third kappa shape index (κ3) is 15.6. The zero-order valence-corrected chi connectivity index (χ0v) is 50.8. The van der Waals surface area contributed by atoms with E-state index in [4.69, 9.17) is 31.4 Å². The predicted molar refractivity (Wildman–Crippen MR) is 343 cm³/mol. The van der Waals surface area contributed by atoms with Crippen LogP contribution < -0.4 is 63.3 Å². The Morgan fingerprint density at radius 1 is 0.385 bits per heavy atom. The minimum absolute atomic E-state index is 0.117. The molecule has 0 spiro atoms. The minimum atomic E-state index is -1.33. The first-order valence-electron chi connectivity index (χ1n) is 29.0. The lowest BCUT2D eigenvalue weighted by molar-refractivity contribution is -0.128. The van der Waals surface area contributed by atoms with Crippen LogP contribution in [0.1, 0.15) is 75.6 Å². The molecule has 9 aromatic rings. The number of anilines is 3. The number of amides is 9. The van der Waals surface area contributed by atoms with Crippen molar-refractivity contribution in [3.63, 3.8) is 0 Å². The second kappa shape index (κ2) is 28.2. The summed E-state index contributed by atoms with van der Waals surface area (Å²) in [6.45, 7) is 5.48. The van der Waals surface area contributed by atoms with Crippen molar-refractivity contribution >= 4 is 103 Å². The number of hydrogen-bond donors (Lipinski definition) is 12. The minimum Gasteiger partial charge on any atom is -0.497 e. The molecule has 3 heterocycles. The number of carbonyl (C=O) groups is 9. The fourth-order valence-electron chi connectivity index (χ4n) is 11.1. The molecule has 470 valence electrons. The maximum Gasteiger partial charge on any atom is 0.247 e. The molecule has 3 atom stereocenters. The summed E-state index contributed by atoms with van der Waals surface area (Å²) in [7, 11) is 4.61. The molecule has 0 fully saturated rings. The number of methoxy groups -OCH3 is 3. The van der Waals surface area contributed by atoms with Gasteiger partial charge in [0.15, 0.2) is 0 Å². The lowest BCUT2D eigenvalue weighted by Gasteiger charge is -2.22. The molecule has 24 nitrogen and oxygen atoms in total. The van der Waals surface area contributed by atoms with Crippen molar-refractivity contribution in [1.82, 2.24) is 30.9 Å². The van der Waals surface area contributed by atoms with E-state index in [1.54, 1.807) is 109 Å². The van der Waals surface area contributed by atoms with Gasteiger partial charge in [-0.05, 0) is 145 Å². The molecule has 0 aliphatic rings. The second-order valence-electron chi connectivity index (χ2n) is 22.1. The summed E-state index contributed by atoms with van der Waals surface area (Å²) in [5.74, 6) is -4.92. The molecule has 0 radical (unpaired) electrons. The molecule has 24 heteroatoms. The molecule has 9 rings (SSSR count). The molecule has 6 aromatic carbocycles. The number of aryl methyl sites for hydroxylation is 3. The quantitative estimate of drug-likeness (QED) is 0.0268. The summed E-state index contributed by atoms with van der Waals surface area (Å²) < 4.78 is 16.2. The number of carbonyl (C=O) groups excluding carboxylic acids is 9. The van der Waals surface area contributed by atoms with Gasteiger partial charge in [0.05, 0.1) is 59.9 Å². The summed E-state index contributed by atoms with van der Waals surface area (Å²) in [6.07, 6.45) is -1.82. The average Bonchev–Trinajstić information content (AvgIpc) is 1.88. The van der Waals surface area contributed by atoms with E-state index in [0.717, 1.165) is 49.8 Å². The highest BCUT2D eigenvalue weighted by Crippen LogP contribution is 2.35. The van der Waals surface area contributed by atoms with E-state index in [0.29, 0.717) is 67.7 Å². The number of primary amides is 3. The van der Waals surface area contributed by atoms with Crippen LogP contribution in [0.5, 0.6) is 17.2 Å². The standard InChI is InChI=1S/C67H70N12O12/c1-34-46(49-25-43(89-4)19-22-52(49)71-34)28-61(83)77-55(31-58(68)80)65(86)74-40-13-7-37(8-14-40)64(38-9-15-41(16-10-38)75-66(87)56(32-59(69)81)78-62(84)29-47-35(2)72-53-23-20-44(90-5)26-50(47)53)39-11-17-42(18-12-39)76-67(88)57(33-60(70)82)79-63(85)30-48-36(3)73-54-24-21-45(91-6)27-51(48)54/h7-27,55-57,64,71-73H,28-33H2,1-6H3,(H2,68,80)(H2,69,81)(H2,70,82)(H,74,86)(H,75,87)(H,76,88)(H,77,83)(H,78,84)(H,79,85)/t55-,56-,57-/m0/s1. The van der Waals surface area contributed by atoms with Crippen LogP contribution in [0.25, 0.3) is 32.7 Å². The third-order valence-corrected chi connectivity index (χ3v) is 15.7. The molecule has 0 unspecified atom stereocenters. The molecule has 0 aliphatic heterocycles. The lowest BCUT2D eigenvalue weighted by atomic mass is 9.85. The number of H-pyrrole nitrogens is 3. The zero-order chi connectivity index (χ0) is 65.2.